The fourth-order valence-corrected chi connectivity index (χ4v) is 3.77. The Morgan fingerprint density at radius 2 is 1.88 bits per heavy atom. The van der Waals surface area contributed by atoms with E-state index in [1.165, 1.54) is 12.1 Å². The topological polar surface area (TPSA) is 81.7 Å². The van der Waals surface area contributed by atoms with Crippen LogP contribution < -0.4 is 9.46 Å². The molecule has 1 N–H and O–H groups in total. The SMILES string of the molecule is CCCCOc1ccc(S(=O)(=O)N[C@@H](CCSC)C(=O)OC(C)C)cc1. The van der Waals surface area contributed by atoms with Gasteiger partial charge in [-0.1, -0.05) is 13.3 Å². The van der Waals surface area contributed by atoms with Crippen LogP contribution in [-0.2, 0) is 19.6 Å². The first-order valence-corrected chi connectivity index (χ1v) is 11.6. The number of esters is 1. The summed E-state index contributed by atoms with van der Waals surface area (Å²) in [5.41, 5.74) is 0. The minimum Gasteiger partial charge on any atom is -0.494 e. The Hall–Kier alpha value is -1.25. The van der Waals surface area contributed by atoms with E-state index < -0.39 is 22.0 Å². The molecule has 0 aromatic heterocycles. The number of unbranched alkanes of at least 4 members (excludes halogenated alkanes) is 1. The zero-order chi connectivity index (χ0) is 19.6. The molecule has 0 saturated heterocycles. The van der Waals surface area contributed by atoms with Crippen LogP contribution in [0.3, 0.4) is 0 Å². The predicted octanol–water partition coefficient (Wildman–Crippen LogP) is 3.22. The van der Waals surface area contributed by atoms with Gasteiger partial charge in [0.1, 0.15) is 11.8 Å². The fraction of sp³-hybridized carbons (Fsp3) is 0.611. The van der Waals surface area contributed by atoms with Crippen molar-refractivity contribution < 1.29 is 22.7 Å². The molecule has 6 nitrogen and oxygen atoms in total. The Kier molecular flexibility index (Phi) is 10.0. The van der Waals surface area contributed by atoms with Crippen LogP contribution in [-0.4, -0.2) is 45.1 Å². The number of nitrogens with one attached hydrogen (secondary N) is 1. The highest BCUT2D eigenvalue weighted by molar-refractivity contribution is 7.98. The first-order valence-electron chi connectivity index (χ1n) is 8.74. The van der Waals surface area contributed by atoms with E-state index in [0.29, 0.717) is 24.5 Å². The molecular formula is C18H29NO5S2. The lowest BCUT2D eigenvalue weighted by molar-refractivity contribution is -0.149. The molecule has 0 aliphatic rings. The maximum atomic E-state index is 12.6. The predicted molar refractivity (Wildman–Crippen MR) is 105 cm³/mol. The zero-order valence-electron chi connectivity index (χ0n) is 15.9. The number of carbonyl (C=O) groups is 1. The van der Waals surface area contributed by atoms with Crippen molar-refractivity contribution in [1.82, 2.24) is 4.72 Å². The van der Waals surface area contributed by atoms with Crippen molar-refractivity contribution in [2.75, 3.05) is 18.6 Å². The van der Waals surface area contributed by atoms with E-state index in [4.69, 9.17) is 9.47 Å². The van der Waals surface area contributed by atoms with Gasteiger partial charge in [0.05, 0.1) is 17.6 Å². The zero-order valence-corrected chi connectivity index (χ0v) is 17.5. The summed E-state index contributed by atoms with van der Waals surface area (Å²) in [6, 6.07) is 5.28. The van der Waals surface area contributed by atoms with Crippen LogP contribution in [0.1, 0.15) is 40.0 Å². The lowest BCUT2D eigenvalue weighted by Crippen LogP contribution is -2.42. The van der Waals surface area contributed by atoms with Crippen LogP contribution in [0.25, 0.3) is 0 Å². The number of benzene rings is 1. The largest absolute Gasteiger partial charge is 0.494 e. The molecule has 0 heterocycles. The van der Waals surface area contributed by atoms with Crippen molar-refractivity contribution in [3.05, 3.63) is 24.3 Å². The first-order chi connectivity index (χ1) is 12.3. The Labute approximate surface area is 161 Å². The summed E-state index contributed by atoms with van der Waals surface area (Å²) in [5.74, 6) is 0.706. The number of hydrogen-bond acceptors (Lipinski definition) is 6. The van der Waals surface area contributed by atoms with Gasteiger partial charge in [-0.2, -0.15) is 16.5 Å². The molecule has 0 fully saturated rings. The Morgan fingerprint density at radius 3 is 2.42 bits per heavy atom. The highest BCUT2D eigenvalue weighted by atomic mass is 32.2. The van der Waals surface area contributed by atoms with Gasteiger partial charge in [0, 0.05) is 0 Å². The molecule has 1 atom stereocenters. The van der Waals surface area contributed by atoms with Gasteiger partial charge in [-0.3, -0.25) is 4.79 Å². The first kappa shape index (κ1) is 22.8. The highest BCUT2D eigenvalue weighted by Crippen LogP contribution is 2.17. The van der Waals surface area contributed by atoms with Crippen molar-refractivity contribution >= 4 is 27.8 Å². The molecule has 26 heavy (non-hydrogen) atoms. The molecule has 0 bridgehead atoms. The number of thioether (sulfide) groups is 1. The molecule has 1 aromatic rings. The van der Waals surface area contributed by atoms with E-state index in [9.17, 15) is 13.2 Å². The summed E-state index contributed by atoms with van der Waals surface area (Å²) in [6.07, 6.45) is 3.93. The van der Waals surface area contributed by atoms with Gasteiger partial charge in [-0.15, -0.1) is 0 Å². The standard InChI is InChI=1S/C18H29NO5S2/c1-5-6-12-23-15-7-9-16(10-8-15)26(21,22)19-17(11-13-25-4)18(20)24-14(2)3/h7-10,14,17,19H,5-6,11-13H2,1-4H3/t17-/m0/s1. The molecule has 8 heteroatoms. The molecule has 1 aromatic carbocycles. The Morgan fingerprint density at radius 1 is 1.23 bits per heavy atom. The van der Waals surface area contributed by atoms with Crippen LogP contribution in [0.15, 0.2) is 29.2 Å². The van der Waals surface area contributed by atoms with Gasteiger partial charge in [0.2, 0.25) is 10.0 Å². The maximum Gasteiger partial charge on any atom is 0.324 e. The summed E-state index contributed by atoms with van der Waals surface area (Å²) in [6.45, 7) is 6.13. The second-order valence-electron chi connectivity index (χ2n) is 6.11. The van der Waals surface area contributed by atoms with Crippen LogP contribution in [0.2, 0.25) is 0 Å². The number of rotatable bonds is 12. The smallest absolute Gasteiger partial charge is 0.324 e. The summed E-state index contributed by atoms with van der Waals surface area (Å²) >= 11 is 1.54. The molecule has 0 amide bonds. The van der Waals surface area contributed by atoms with E-state index in [0.717, 1.165) is 12.8 Å². The van der Waals surface area contributed by atoms with Crippen LogP contribution in [0, 0.1) is 0 Å². The average molecular weight is 404 g/mol. The van der Waals surface area contributed by atoms with Crippen molar-refractivity contribution in [2.45, 2.75) is 57.1 Å². The third-order valence-electron chi connectivity index (χ3n) is 3.45. The third kappa shape index (κ3) is 7.97. The normalized spacial score (nSPS) is 12.8. The average Bonchev–Trinajstić information content (AvgIpc) is 2.58. The second kappa shape index (κ2) is 11.5. The van der Waals surface area contributed by atoms with Crippen LogP contribution in [0.4, 0.5) is 0 Å². The summed E-state index contributed by atoms with van der Waals surface area (Å²) in [5, 5.41) is 0. The second-order valence-corrected chi connectivity index (χ2v) is 8.81. The molecule has 1 rings (SSSR count). The molecule has 0 saturated carbocycles. The van der Waals surface area contributed by atoms with Gasteiger partial charge in [-0.25, -0.2) is 8.42 Å². The number of hydrogen-bond donors (Lipinski definition) is 1. The lowest BCUT2D eigenvalue weighted by atomic mass is 10.2. The number of sulfonamides is 1. The van der Waals surface area contributed by atoms with E-state index in [2.05, 4.69) is 11.6 Å². The summed E-state index contributed by atoms with van der Waals surface area (Å²) in [4.78, 5) is 12.3. The van der Waals surface area contributed by atoms with E-state index >= 15 is 0 Å². The molecular weight excluding hydrogens is 374 g/mol. The van der Waals surface area contributed by atoms with Gasteiger partial charge in [0.25, 0.3) is 0 Å². The Balaban J connectivity index is 2.83. The molecule has 148 valence electrons. The van der Waals surface area contributed by atoms with Crippen molar-refractivity contribution in [3.8, 4) is 5.75 Å². The van der Waals surface area contributed by atoms with Crippen LogP contribution in [0.5, 0.6) is 5.75 Å². The summed E-state index contributed by atoms with van der Waals surface area (Å²) < 4.78 is 38.4. The third-order valence-corrected chi connectivity index (χ3v) is 5.58. The molecule has 0 spiro atoms. The van der Waals surface area contributed by atoms with Crippen molar-refractivity contribution in [2.24, 2.45) is 0 Å². The van der Waals surface area contributed by atoms with Crippen LogP contribution >= 0.6 is 11.8 Å². The fourth-order valence-electron chi connectivity index (χ4n) is 2.08. The Bertz CT molecular complexity index is 644. The number of ether oxygens (including phenoxy) is 2. The lowest BCUT2D eigenvalue weighted by Gasteiger charge is -2.19. The van der Waals surface area contributed by atoms with Gasteiger partial charge >= 0.3 is 5.97 Å². The minimum absolute atomic E-state index is 0.0897. The summed E-state index contributed by atoms with van der Waals surface area (Å²) in [7, 11) is -3.83. The van der Waals surface area contributed by atoms with Gasteiger partial charge in [-0.05, 0) is 63.0 Å². The van der Waals surface area contributed by atoms with Gasteiger partial charge < -0.3 is 9.47 Å². The molecule has 0 aliphatic heterocycles. The number of carbonyl (C=O) groups excluding carboxylic acids is 1. The van der Waals surface area contributed by atoms with Crippen molar-refractivity contribution in [3.63, 3.8) is 0 Å². The maximum absolute atomic E-state index is 12.6. The van der Waals surface area contributed by atoms with Crippen molar-refractivity contribution in [1.29, 1.82) is 0 Å². The molecule has 0 aliphatic carbocycles. The van der Waals surface area contributed by atoms with E-state index in [-0.39, 0.29) is 11.0 Å². The molecule has 0 radical (unpaired) electrons. The van der Waals surface area contributed by atoms with E-state index in [1.54, 1.807) is 37.7 Å². The highest BCUT2D eigenvalue weighted by Gasteiger charge is 2.27. The van der Waals surface area contributed by atoms with Gasteiger partial charge in [0.15, 0.2) is 0 Å². The minimum atomic E-state index is -3.83. The van der Waals surface area contributed by atoms with E-state index in [1.807, 2.05) is 6.26 Å². The monoisotopic (exact) mass is 403 g/mol. The molecule has 0 unspecified atom stereocenters. The quantitative estimate of drug-likeness (QED) is 0.426.